The van der Waals surface area contributed by atoms with Crippen molar-refractivity contribution in [2.24, 2.45) is 0 Å². The molecule has 6 rings (SSSR count). The summed E-state index contributed by atoms with van der Waals surface area (Å²) in [6.45, 7) is 2.85. The van der Waals surface area contributed by atoms with Gasteiger partial charge in [-0.3, -0.25) is 4.79 Å². The van der Waals surface area contributed by atoms with Gasteiger partial charge in [-0.05, 0) is 18.2 Å². The summed E-state index contributed by atoms with van der Waals surface area (Å²) in [5.74, 6) is 0.232. The molecule has 8 nitrogen and oxygen atoms in total. The van der Waals surface area contributed by atoms with Crippen LogP contribution in [-0.4, -0.2) is 57.7 Å². The summed E-state index contributed by atoms with van der Waals surface area (Å²) in [6.07, 6.45) is 4.72. The quantitative estimate of drug-likeness (QED) is 0.477. The average Bonchev–Trinajstić information content (AvgIpc) is 3.62. The van der Waals surface area contributed by atoms with Crippen LogP contribution in [0.1, 0.15) is 29.0 Å². The molecule has 2 aliphatic rings. The van der Waals surface area contributed by atoms with Crippen LogP contribution in [0, 0.1) is 0 Å². The number of likely N-dealkylation sites (tertiary alicyclic amines) is 1. The minimum Gasteiger partial charge on any atom is -0.467 e. The molecule has 0 radical (unpaired) electrons. The molecule has 0 N–H and O–H groups in total. The van der Waals surface area contributed by atoms with E-state index in [1.54, 1.807) is 17.1 Å². The number of ether oxygens (including phenoxy) is 2. The van der Waals surface area contributed by atoms with Crippen LogP contribution in [0.2, 0.25) is 0 Å². The lowest BCUT2D eigenvalue weighted by Gasteiger charge is -2.37. The van der Waals surface area contributed by atoms with E-state index >= 15 is 0 Å². The van der Waals surface area contributed by atoms with Gasteiger partial charge in [0.1, 0.15) is 12.3 Å². The largest absolute Gasteiger partial charge is 0.467 e. The highest BCUT2D eigenvalue weighted by atomic mass is 16.7. The number of furan rings is 1. The number of benzene rings is 1. The van der Waals surface area contributed by atoms with Crippen molar-refractivity contribution < 1.29 is 18.7 Å². The van der Waals surface area contributed by atoms with Crippen LogP contribution in [0.15, 0.2) is 65.4 Å². The molecule has 1 amide bonds. The van der Waals surface area contributed by atoms with Crippen LogP contribution < -0.4 is 0 Å². The lowest BCUT2D eigenvalue weighted by molar-refractivity contribution is -0.181. The van der Waals surface area contributed by atoms with Gasteiger partial charge in [0, 0.05) is 31.5 Å². The zero-order valence-electron chi connectivity index (χ0n) is 18.1. The maximum Gasteiger partial charge on any atom is 0.254 e. The van der Waals surface area contributed by atoms with E-state index in [0.717, 1.165) is 22.4 Å². The van der Waals surface area contributed by atoms with Crippen molar-refractivity contribution in [2.75, 3.05) is 26.3 Å². The van der Waals surface area contributed by atoms with Gasteiger partial charge < -0.3 is 18.8 Å². The summed E-state index contributed by atoms with van der Waals surface area (Å²) < 4.78 is 18.9. The van der Waals surface area contributed by atoms with Gasteiger partial charge >= 0.3 is 0 Å². The lowest BCUT2D eigenvalue weighted by Crippen LogP contribution is -2.47. The van der Waals surface area contributed by atoms with Crippen LogP contribution in [0.5, 0.6) is 0 Å². The second-order valence-electron chi connectivity index (χ2n) is 8.44. The first-order valence-corrected chi connectivity index (χ1v) is 11.2. The Morgan fingerprint density at radius 2 is 1.82 bits per heavy atom. The maximum atomic E-state index is 13.7. The van der Waals surface area contributed by atoms with Crippen LogP contribution in [0.4, 0.5) is 0 Å². The Balaban J connectivity index is 1.38. The topological polar surface area (TPSA) is 82.6 Å². The zero-order chi connectivity index (χ0) is 22.3. The molecule has 8 heteroatoms. The highest BCUT2D eigenvalue weighted by Crippen LogP contribution is 2.33. The second-order valence-corrected chi connectivity index (χ2v) is 8.44. The molecule has 0 aliphatic carbocycles. The van der Waals surface area contributed by atoms with E-state index in [0.29, 0.717) is 56.9 Å². The Bertz CT molecular complexity index is 1270. The molecule has 0 saturated carbocycles. The smallest absolute Gasteiger partial charge is 0.254 e. The Morgan fingerprint density at radius 3 is 2.55 bits per heavy atom. The first-order chi connectivity index (χ1) is 16.2. The van der Waals surface area contributed by atoms with Gasteiger partial charge in [-0.1, -0.05) is 30.3 Å². The summed E-state index contributed by atoms with van der Waals surface area (Å²) in [4.78, 5) is 20.4. The van der Waals surface area contributed by atoms with E-state index in [1.807, 2.05) is 53.4 Å². The summed E-state index contributed by atoms with van der Waals surface area (Å²) in [5, 5.41) is 5.27. The Labute approximate surface area is 190 Å². The van der Waals surface area contributed by atoms with Gasteiger partial charge in [-0.2, -0.15) is 5.10 Å². The third-order valence-electron chi connectivity index (χ3n) is 6.42. The van der Waals surface area contributed by atoms with Crippen molar-refractivity contribution in [3.63, 3.8) is 0 Å². The Morgan fingerprint density at radius 1 is 1.03 bits per heavy atom. The van der Waals surface area contributed by atoms with E-state index in [1.165, 1.54) is 0 Å². The van der Waals surface area contributed by atoms with Crippen molar-refractivity contribution in [3.05, 3.63) is 72.3 Å². The average molecular weight is 444 g/mol. The number of piperidine rings is 1. The third kappa shape index (κ3) is 3.71. The van der Waals surface area contributed by atoms with E-state index in [2.05, 4.69) is 5.10 Å². The van der Waals surface area contributed by atoms with E-state index in [9.17, 15) is 4.79 Å². The predicted molar refractivity (Wildman–Crippen MR) is 121 cm³/mol. The molecule has 5 heterocycles. The fourth-order valence-electron chi connectivity index (χ4n) is 4.65. The number of carbonyl (C=O) groups is 1. The summed E-state index contributed by atoms with van der Waals surface area (Å²) >= 11 is 0. The number of nitrogens with zero attached hydrogens (tertiary/aromatic N) is 4. The molecular weight excluding hydrogens is 420 g/mol. The number of hydrogen-bond acceptors (Lipinski definition) is 6. The number of hydrogen-bond donors (Lipinski definition) is 0. The number of carbonyl (C=O) groups excluding carboxylic acids is 1. The molecule has 4 aromatic rings. The van der Waals surface area contributed by atoms with Crippen molar-refractivity contribution in [3.8, 4) is 11.3 Å². The number of pyridine rings is 1. The molecular formula is C25H24N4O4. The van der Waals surface area contributed by atoms with E-state index in [4.69, 9.17) is 18.9 Å². The Hall–Kier alpha value is -3.49. The first-order valence-electron chi connectivity index (χ1n) is 11.2. The first kappa shape index (κ1) is 20.1. The summed E-state index contributed by atoms with van der Waals surface area (Å²) in [7, 11) is 0. The molecule has 168 valence electrons. The molecule has 0 atom stereocenters. The molecule has 2 aliphatic heterocycles. The molecule has 2 saturated heterocycles. The van der Waals surface area contributed by atoms with E-state index in [-0.39, 0.29) is 5.91 Å². The van der Waals surface area contributed by atoms with Crippen molar-refractivity contribution in [1.82, 2.24) is 19.7 Å². The van der Waals surface area contributed by atoms with Crippen molar-refractivity contribution in [1.29, 1.82) is 0 Å². The van der Waals surface area contributed by atoms with Crippen molar-refractivity contribution >= 4 is 16.9 Å². The highest BCUT2D eigenvalue weighted by Gasteiger charge is 2.41. The minimum atomic E-state index is -0.520. The SMILES string of the molecule is O=C(c1cc(-c2ccccc2)nc2c1cnn2Cc1ccco1)N1CCC2(CC1)OCCO2. The lowest BCUT2D eigenvalue weighted by atomic mass is 10.0. The van der Waals surface area contributed by atoms with Crippen molar-refractivity contribution in [2.45, 2.75) is 25.2 Å². The highest BCUT2D eigenvalue weighted by molar-refractivity contribution is 6.06. The molecule has 0 unspecified atom stereocenters. The van der Waals surface area contributed by atoms with Gasteiger partial charge in [-0.25, -0.2) is 9.67 Å². The van der Waals surface area contributed by atoms with Gasteiger partial charge in [0.2, 0.25) is 0 Å². The minimum absolute atomic E-state index is 0.0232. The normalized spacial score (nSPS) is 17.8. The van der Waals surface area contributed by atoms with Gasteiger partial charge in [-0.15, -0.1) is 0 Å². The van der Waals surface area contributed by atoms with Crippen LogP contribution in [0.25, 0.3) is 22.3 Å². The zero-order valence-corrected chi connectivity index (χ0v) is 18.1. The monoisotopic (exact) mass is 444 g/mol. The molecule has 1 spiro atoms. The molecule has 2 fully saturated rings. The fourth-order valence-corrected chi connectivity index (χ4v) is 4.65. The summed E-state index contributed by atoms with van der Waals surface area (Å²) in [5.41, 5.74) is 2.95. The molecule has 0 bridgehead atoms. The fraction of sp³-hybridized carbons (Fsp3) is 0.320. The third-order valence-corrected chi connectivity index (χ3v) is 6.42. The summed E-state index contributed by atoms with van der Waals surface area (Å²) in [6, 6.07) is 15.5. The van der Waals surface area contributed by atoms with Gasteiger partial charge in [0.05, 0.1) is 42.3 Å². The second kappa shape index (κ2) is 8.13. The molecule has 3 aromatic heterocycles. The predicted octanol–water partition coefficient (Wildman–Crippen LogP) is 3.72. The standard InChI is InChI=1S/C25H24N4O4/c30-24(28-10-8-25(9-11-28)32-13-14-33-25)20-15-22(18-5-2-1-3-6-18)27-23-21(20)16-26-29(23)17-19-7-4-12-31-19/h1-7,12,15-16H,8-11,13-14,17H2. The van der Waals surface area contributed by atoms with Gasteiger partial charge in [0.25, 0.3) is 5.91 Å². The van der Waals surface area contributed by atoms with Gasteiger partial charge in [0.15, 0.2) is 11.4 Å². The van der Waals surface area contributed by atoms with Crippen LogP contribution in [0.3, 0.4) is 0 Å². The number of amides is 1. The van der Waals surface area contributed by atoms with Crippen LogP contribution >= 0.6 is 0 Å². The maximum absolute atomic E-state index is 13.7. The number of aromatic nitrogens is 3. The van der Waals surface area contributed by atoms with Crippen LogP contribution in [-0.2, 0) is 16.0 Å². The van der Waals surface area contributed by atoms with E-state index < -0.39 is 5.79 Å². The number of rotatable bonds is 4. The number of fused-ring (bicyclic) bond motifs is 1. The Kier molecular flexibility index (Phi) is 4.96. The molecule has 1 aromatic carbocycles. The molecule has 33 heavy (non-hydrogen) atoms.